The fourth-order valence-corrected chi connectivity index (χ4v) is 5.73. The van der Waals surface area contributed by atoms with Crippen LogP contribution in [0.2, 0.25) is 0 Å². The minimum Gasteiger partial charge on any atom is -0.349 e. The standard InChI is InChI=1S/C29H34N4O2S/c1-6-32(7-2)28(35)26-21(5)31-29-33(27(26)23-15-11-12-19(3)16-23)24(18-36-29)17-25(34)30-20(4)22-13-9-8-10-14-22/h8-16,18,20,27H,6-7,17H2,1-5H3,(H,30,34). The zero-order valence-electron chi connectivity index (χ0n) is 21.6. The monoisotopic (exact) mass is 502 g/mol. The molecule has 2 heterocycles. The van der Waals surface area contributed by atoms with Crippen LogP contribution in [0, 0.1) is 6.92 Å². The summed E-state index contributed by atoms with van der Waals surface area (Å²) >= 11 is 1.51. The lowest BCUT2D eigenvalue weighted by Gasteiger charge is -2.38. The third-order valence-electron chi connectivity index (χ3n) is 6.66. The van der Waals surface area contributed by atoms with Crippen molar-refractivity contribution in [3.05, 3.63) is 93.7 Å². The number of likely N-dealkylation sites (N-methyl/N-ethyl adjacent to an activating group) is 1. The molecule has 2 aliphatic rings. The number of amides is 2. The third kappa shape index (κ3) is 5.26. The number of nitrogens with one attached hydrogen (secondary N) is 1. The molecule has 0 fully saturated rings. The highest BCUT2D eigenvalue weighted by molar-refractivity contribution is 8.16. The molecule has 2 aliphatic heterocycles. The molecule has 0 aromatic heterocycles. The van der Waals surface area contributed by atoms with E-state index in [1.54, 1.807) is 0 Å². The second-order valence-electron chi connectivity index (χ2n) is 9.16. The number of allylic oxidation sites excluding steroid dienone is 1. The van der Waals surface area contributed by atoms with Gasteiger partial charge in [-0.15, -0.1) is 0 Å². The number of aryl methyl sites for hydroxylation is 1. The van der Waals surface area contributed by atoms with Gasteiger partial charge in [-0.25, -0.2) is 4.99 Å². The van der Waals surface area contributed by atoms with E-state index in [4.69, 9.17) is 4.99 Å². The summed E-state index contributed by atoms with van der Waals surface area (Å²) in [6.45, 7) is 11.2. The maximum atomic E-state index is 13.7. The largest absolute Gasteiger partial charge is 0.349 e. The number of benzene rings is 2. The molecule has 2 unspecified atom stereocenters. The van der Waals surface area contributed by atoms with Gasteiger partial charge >= 0.3 is 0 Å². The Bertz CT molecular complexity index is 1230. The molecule has 0 spiro atoms. The Balaban J connectivity index is 1.66. The van der Waals surface area contributed by atoms with Crippen molar-refractivity contribution in [2.45, 2.75) is 53.1 Å². The number of rotatable bonds is 8. The van der Waals surface area contributed by atoms with Gasteiger partial charge in [0.15, 0.2) is 5.17 Å². The van der Waals surface area contributed by atoms with Gasteiger partial charge in [-0.1, -0.05) is 71.9 Å². The molecule has 4 rings (SSSR count). The zero-order valence-corrected chi connectivity index (χ0v) is 22.4. The molecule has 6 nitrogen and oxygen atoms in total. The zero-order chi connectivity index (χ0) is 25.8. The van der Waals surface area contributed by atoms with Crippen LogP contribution < -0.4 is 5.32 Å². The molecule has 0 radical (unpaired) electrons. The van der Waals surface area contributed by atoms with Crippen molar-refractivity contribution in [3.8, 4) is 0 Å². The number of thioether (sulfide) groups is 1. The van der Waals surface area contributed by atoms with E-state index in [1.807, 2.05) is 74.4 Å². The van der Waals surface area contributed by atoms with Crippen molar-refractivity contribution in [1.29, 1.82) is 0 Å². The lowest BCUT2D eigenvalue weighted by Crippen LogP contribution is -2.42. The minimum atomic E-state index is -0.342. The highest BCUT2D eigenvalue weighted by Gasteiger charge is 2.41. The summed E-state index contributed by atoms with van der Waals surface area (Å²) in [6.07, 6.45) is 0.206. The van der Waals surface area contributed by atoms with Crippen LogP contribution in [0.25, 0.3) is 0 Å². The van der Waals surface area contributed by atoms with Crippen molar-refractivity contribution < 1.29 is 9.59 Å². The van der Waals surface area contributed by atoms with Crippen LogP contribution in [0.15, 0.2) is 82.0 Å². The van der Waals surface area contributed by atoms with Gasteiger partial charge in [0.1, 0.15) is 0 Å². The van der Waals surface area contributed by atoms with Crippen LogP contribution in [0.5, 0.6) is 0 Å². The average Bonchev–Trinajstić information content (AvgIpc) is 3.25. The van der Waals surface area contributed by atoms with Crippen LogP contribution in [-0.2, 0) is 9.59 Å². The molecule has 0 saturated heterocycles. The van der Waals surface area contributed by atoms with Crippen LogP contribution in [-0.4, -0.2) is 39.9 Å². The summed E-state index contributed by atoms with van der Waals surface area (Å²) in [5.74, 6) is -0.0736. The Morgan fingerprint density at radius 3 is 2.47 bits per heavy atom. The topological polar surface area (TPSA) is 65.0 Å². The molecule has 2 atom stereocenters. The molecule has 0 bridgehead atoms. The number of amidine groups is 1. The van der Waals surface area contributed by atoms with E-state index in [0.29, 0.717) is 18.7 Å². The molecule has 0 saturated carbocycles. The van der Waals surface area contributed by atoms with Crippen LogP contribution in [0.4, 0.5) is 0 Å². The first-order valence-electron chi connectivity index (χ1n) is 12.5. The molecule has 2 aromatic carbocycles. The maximum absolute atomic E-state index is 13.7. The maximum Gasteiger partial charge on any atom is 0.254 e. The van der Waals surface area contributed by atoms with E-state index in [-0.39, 0.29) is 30.3 Å². The Morgan fingerprint density at radius 1 is 1.08 bits per heavy atom. The van der Waals surface area contributed by atoms with Crippen molar-refractivity contribution in [2.75, 3.05) is 13.1 Å². The summed E-state index contributed by atoms with van der Waals surface area (Å²) < 4.78 is 0. The van der Waals surface area contributed by atoms with E-state index < -0.39 is 0 Å². The second-order valence-corrected chi connectivity index (χ2v) is 10.00. The summed E-state index contributed by atoms with van der Waals surface area (Å²) in [4.78, 5) is 35.6. The van der Waals surface area contributed by atoms with Gasteiger partial charge in [0.05, 0.1) is 29.8 Å². The smallest absolute Gasteiger partial charge is 0.254 e. The SMILES string of the molecule is CCN(CC)C(=O)C1=C(C)N=C2SC=C(CC(=O)NC(C)c3ccccc3)N2C1c1cccc(C)c1. The average molecular weight is 503 g/mol. The fraction of sp³-hybridized carbons (Fsp3) is 0.345. The summed E-state index contributed by atoms with van der Waals surface area (Å²) in [5, 5.41) is 5.91. The summed E-state index contributed by atoms with van der Waals surface area (Å²) in [5.41, 5.74) is 5.44. The molecule has 36 heavy (non-hydrogen) atoms. The fourth-order valence-electron chi connectivity index (χ4n) is 4.76. The van der Waals surface area contributed by atoms with E-state index in [2.05, 4.69) is 35.3 Å². The van der Waals surface area contributed by atoms with E-state index in [1.165, 1.54) is 11.8 Å². The van der Waals surface area contributed by atoms with Crippen molar-refractivity contribution in [3.63, 3.8) is 0 Å². The van der Waals surface area contributed by atoms with E-state index >= 15 is 0 Å². The number of hydrogen-bond donors (Lipinski definition) is 1. The van der Waals surface area contributed by atoms with Crippen LogP contribution in [0.1, 0.15) is 62.9 Å². The van der Waals surface area contributed by atoms with Crippen molar-refractivity contribution >= 4 is 28.7 Å². The minimum absolute atomic E-state index is 0.00907. The second kappa shape index (κ2) is 11.2. The van der Waals surface area contributed by atoms with Gasteiger partial charge in [0, 0.05) is 18.8 Å². The lowest BCUT2D eigenvalue weighted by atomic mass is 9.92. The summed E-state index contributed by atoms with van der Waals surface area (Å²) in [7, 11) is 0. The van der Waals surface area contributed by atoms with E-state index in [0.717, 1.165) is 33.3 Å². The first-order valence-corrected chi connectivity index (χ1v) is 13.4. The number of hydrogen-bond acceptors (Lipinski definition) is 5. The van der Waals surface area contributed by atoms with Crippen LogP contribution >= 0.6 is 11.8 Å². The molecule has 1 N–H and O–H groups in total. The van der Waals surface area contributed by atoms with E-state index in [9.17, 15) is 9.59 Å². The normalized spacial score (nSPS) is 17.8. The van der Waals surface area contributed by atoms with Crippen LogP contribution in [0.3, 0.4) is 0 Å². The van der Waals surface area contributed by atoms with Gasteiger partial charge in [-0.2, -0.15) is 0 Å². The van der Waals surface area contributed by atoms with Gasteiger partial charge in [0.25, 0.3) is 5.91 Å². The highest BCUT2D eigenvalue weighted by Crippen LogP contribution is 2.45. The molecule has 188 valence electrons. The molecule has 0 aliphatic carbocycles. The molecule has 2 amide bonds. The molecule has 7 heteroatoms. The molecule has 2 aromatic rings. The Hall–Kier alpha value is -3.32. The lowest BCUT2D eigenvalue weighted by molar-refractivity contribution is -0.127. The molecular weight excluding hydrogens is 468 g/mol. The third-order valence-corrected chi connectivity index (χ3v) is 7.55. The Morgan fingerprint density at radius 2 is 1.81 bits per heavy atom. The van der Waals surface area contributed by atoms with Gasteiger partial charge in [-0.3, -0.25) is 9.59 Å². The van der Waals surface area contributed by atoms with Gasteiger partial charge in [0.2, 0.25) is 5.91 Å². The number of carbonyl (C=O) groups is 2. The van der Waals surface area contributed by atoms with Crippen molar-refractivity contribution in [1.82, 2.24) is 15.1 Å². The number of fused-ring (bicyclic) bond motifs is 1. The summed E-state index contributed by atoms with van der Waals surface area (Å²) in [6, 6.07) is 17.7. The highest BCUT2D eigenvalue weighted by atomic mass is 32.2. The van der Waals surface area contributed by atoms with Gasteiger partial charge < -0.3 is 15.1 Å². The number of carbonyl (C=O) groups excluding carboxylic acids is 2. The van der Waals surface area contributed by atoms with Crippen molar-refractivity contribution in [2.24, 2.45) is 4.99 Å². The molecular formula is C29H34N4O2S. The predicted molar refractivity (Wildman–Crippen MR) is 147 cm³/mol. The van der Waals surface area contributed by atoms with Gasteiger partial charge in [-0.05, 0) is 51.2 Å². The Kier molecular flexibility index (Phi) is 7.99. The first kappa shape index (κ1) is 25.8. The number of aliphatic imine (C=N–C) groups is 1. The number of nitrogens with zero attached hydrogens (tertiary/aromatic N) is 3. The first-order chi connectivity index (χ1) is 17.3. The predicted octanol–water partition coefficient (Wildman–Crippen LogP) is 5.71. The quantitative estimate of drug-likeness (QED) is 0.502. The Labute approximate surface area is 218 Å².